The van der Waals surface area contributed by atoms with E-state index in [0.717, 1.165) is 69.2 Å². The number of hydrogen-bond donors (Lipinski definition) is 1. The maximum absolute atomic E-state index is 12.6. The zero-order valence-electron chi connectivity index (χ0n) is 15.1. The third-order valence-electron chi connectivity index (χ3n) is 5.42. The number of amides is 1. The molecule has 4 rings (SSSR count). The summed E-state index contributed by atoms with van der Waals surface area (Å²) in [7, 11) is 0. The standard InChI is InChI=1S/C19H27N3O3.ClH/c23-19(22-8-5-16(14-22)21-9-6-20-7-10-21)4-2-15-1-3-17-18(13-15)25-12-11-24-17;/h1,3,13,16,20H,2,4-12,14H2;1H. The summed E-state index contributed by atoms with van der Waals surface area (Å²) in [5.41, 5.74) is 1.13. The van der Waals surface area contributed by atoms with Gasteiger partial charge in [0.2, 0.25) is 5.91 Å². The summed E-state index contributed by atoms with van der Waals surface area (Å²) < 4.78 is 11.2. The molecule has 7 heteroatoms. The molecule has 1 N–H and O–H groups in total. The smallest absolute Gasteiger partial charge is 0.222 e. The van der Waals surface area contributed by atoms with Gasteiger partial charge >= 0.3 is 0 Å². The molecule has 0 saturated carbocycles. The van der Waals surface area contributed by atoms with E-state index in [4.69, 9.17) is 9.47 Å². The fourth-order valence-corrected chi connectivity index (χ4v) is 3.97. The van der Waals surface area contributed by atoms with E-state index < -0.39 is 0 Å². The first-order chi connectivity index (χ1) is 12.3. The van der Waals surface area contributed by atoms with Crippen LogP contribution in [0.4, 0.5) is 0 Å². The van der Waals surface area contributed by atoms with Crippen molar-refractivity contribution in [2.75, 3.05) is 52.5 Å². The number of fused-ring (bicyclic) bond motifs is 1. The number of likely N-dealkylation sites (tertiary alicyclic amines) is 1. The number of ether oxygens (including phenoxy) is 2. The van der Waals surface area contributed by atoms with Gasteiger partial charge in [-0.3, -0.25) is 9.69 Å². The fourth-order valence-electron chi connectivity index (χ4n) is 3.97. The van der Waals surface area contributed by atoms with E-state index in [2.05, 4.69) is 10.2 Å². The number of rotatable bonds is 4. The second-order valence-corrected chi connectivity index (χ2v) is 7.05. The average Bonchev–Trinajstić information content (AvgIpc) is 3.17. The van der Waals surface area contributed by atoms with Crippen LogP contribution < -0.4 is 14.8 Å². The van der Waals surface area contributed by atoms with Crippen molar-refractivity contribution in [1.29, 1.82) is 0 Å². The Bertz CT molecular complexity index is 622. The van der Waals surface area contributed by atoms with Crippen LogP contribution in [0.2, 0.25) is 0 Å². The lowest BCUT2D eigenvalue weighted by Crippen LogP contribution is -2.49. The maximum Gasteiger partial charge on any atom is 0.222 e. The summed E-state index contributed by atoms with van der Waals surface area (Å²) in [4.78, 5) is 17.2. The molecule has 3 heterocycles. The highest BCUT2D eigenvalue weighted by molar-refractivity contribution is 5.85. The minimum absolute atomic E-state index is 0. The second-order valence-electron chi connectivity index (χ2n) is 7.05. The lowest BCUT2D eigenvalue weighted by Gasteiger charge is -2.32. The number of nitrogens with one attached hydrogen (secondary N) is 1. The van der Waals surface area contributed by atoms with Crippen LogP contribution in [-0.4, -0.2) is 74.2 Å². The number of piperazine rings is 1. The SMILES string of the molecule is Cl.O=C(CCc1ccc2c(c1)OCCO2)N1CCC(N2CCNCC2)C1. The molecule has 1 aromatic rings. The molecule has 1 unspecified atom stereocenters. The largest absolute Gasteiger partial charge is 0.486 e. The summed E-state index contributed by atoms with van der Waals surface area (Å²) in [6, 6.07) is 6.54. The zero-order chi connectivity index (χ0) is 17.1. The Balaban J connectivity index is 0.00000196. The first kappa shape index (κ1) is 19.3. The van der Waals surface area contributed by atoms with Gasteiger partial charge in [-0.1, -0.05) is 6.07 Å². The van der Waals surface area contributed by atoms with Gasteiger partial charge in [0.25, 0.3) is 0 Å². The summed E-state index contributed by atoms with van der Waals surface area (Å²) in [5, 5.41) is 3.39. The number of nitrogens with zero attached hydrogens (tertiary/aromatic N) is 2. The van der Waals surface area contributed by atoms with Gasteiger partial charge in [0.15, 0.2) is 11.5 Å². The van der Waals surface area contributed by atoms with Crippen LogP contribution in [0.25, 0.3) is 0 Å². The second kappa shape index (κ2) is 8.93. The highest BCUT2D eigenvalue weighted by Crippen LogP contribution is 2.31. The Morgan fingerprint density at radius 2 is 1.88 bits per heavy atom. The van der Waals surface area contributed by atoms with E-state index in [1.54, 1.807) is 0 Å². The molecule has 144 valence electrons. The molecule has 3 aliphatic heterocycles. The molecule has 2 saturated heterocycles. The molecule has 1 aromatic carbocycles. The van der Waals surface area contributed by atoms with E-state index >= 15 is 0 Å². The normalized spacial score (nSPS) is 22.8. The molecule has 1 atom stereocenters. The number of carbonyl (C=O) groups excluding carboxylic acids is 1. The van der Waals surface area contributed by atoms with Crippen LogP contribution in [0.1, 0.15) is 18.4 Å². The predicted octanol–water partition coefficient (Wildman–Crippen LogP) is 1.32. The number of carbonyl (C=O) groups is 1. The summed E-state index contributed by atoms with van der Waals surface area (Å²) in [5.74, 6) is 1.88. The first-order valence-corrected chi connectivity index (χ1v) is 9.41. The Morgan fingerprint density at radius 1 is 1.12 bits per heavy atom. The number of benzene rings is 1. The van der Waals surface area contributed by atoms with E-state index in [-0.39, 0.29) is 18.3 Å². The van der Waals surface area contributed by atoms with E-state index in [9.17, 15) is 4.79 Å². The predicted molar refractivity (Wildman–Crippen MR) is 102 cm³/mol. The van der Waals surface area contributed by atoms with Crippen molar-refractivity contribution in [3.63, 3.8) is 0 Å². The molecular formula is C19H28ClN3O3. The summed E-state index contributed by atoms with van der Waals surface area (Å²) in [6.45, 7) is 7.32. The topological polar surface area (TPSA) is 54.0 Å². The zero-order valence-corrected chi connectivity index (χ0v) is 15.9. The lowest BCUT2D eigenvalue weighted by molar-refractivity contribution is -0.130. The third kappa shape index (κ3) is 4.42. The number of halogens is 1. The molecule has 1 amide bonds. The Kier molecular flexibility index (Phi) is 6.62. The molecule has 0 spiro atoms. The van der Waals surface area contributed by atoms with Crippen LogP contribution in [0.3, 0.4) is 0 Å². The van der Waals surface area contributed by atoms with Crippen LogP contribution in [0.5, 0.6) is 11.5 Å². The highest BCUT2D eigenvalue weighted by atomic mass is 35.5. The van der Waals surface area contributed by atoms with Crippen molar-refractivity contribution in [2.45, 2.75) is 25.3 Å². The highest BCUT2D eigenvalue weighted by Gasteiger charge is 2.30. The Labute approximate surface area is 161 Å². The van der Waals surface area contributed by atoms with Gasteiger partial charge in [-0.25, -0.2) is 0 Å². The van der Waals surface area contributed by atoms with Crippen molar-refractivity contribution in [3.05, 3.63) is 23.8 Å². The number of hydrogen-bond acceptors (Lipinski definition) is 5. The molecule has 0 radical (unpaired) electrons. The lowest BCUT2D eigenvalue weighted by atomic mass is 10.1. The van der Waals surface area contributed by atoms with Gasteiger partial charge < -0.3 is 19.7 Å². The van der Waals surface area contributed by atoms with Crippen molar-refractivity contribution in [1.82, 2.24) is 15.1 Å². The van der Waals surface area contributed by atoms with E-state index in [0.29, 0.717) is 25.7 Å². The van der Waals surface area contributed by atoms with Crippen LogP contribution >= 0.6 is 12.4 Å². The van der Waals surface area contributed by atoms with Gasteiger partial charge in [-0.15, -0.1) is 12.4 Å². The molecule has 2 fully saturated rings. The molecule has 0 bridgehead atoms. The van der Waals surface area contributed by atoms with Gasteiger partial charge in [0.05, 0.1) is 0 Å². The van der Waals surface area contributed by atoms with Crippen molar-refractivity contribution in [2.24, 2.45) is 0 Å². The van der Waals surface area contributed by atoms with E-state index in [1.807, 2.05) is 23.1 Å². The quantitative estimate of drug-likeness (QED) is 0.852. The fraction of sp³-hybridized carbons (Fsp3) is 0.632. The van der Waals surface area contributed by atoms with Crippen LogP contribution in [-0.2, 0) is 11.2 Å². The Morgan fingerprint density at radius 3 is 2.69 bits per heavy atom. The molecule has 26 heavy (non-hydrogen) atoms. The molecule has 6 nitrogen and oxygen atoms in total. The van der Waals surface area contributed by atoms with E-state index in [1.165, 1.54) is 0 Å². The third-order valence-corrected chi connectivity index (χ3v) is 5.42. The number of aryl methyl sites for hydroxylation is 1. The average molecular weight is 382 g/mol. The molecule has 3 aliphatic rings. The minimum atomic E-state index is 0. The summed E-state index contributed by atoms with van der Waals surface area (Å²) >= 11 is 0. The van der Waals surface area contributed by atoms with Gasteiger partial charge in [-0.2, -0.15) is 0 Å². The molecular weight excluding hydrogens is 354 g/mol. The Hall–Kier alpha value is -1.50. The van der Waals surface area contributed by atoms with Crippen molar-refractivity contribution < 1.29 is 14.3 Å². The monoisotopic (exact) mass is 381 g/mol. The van der Waals surface area contributed by atoms with Crippen LogP contribution in [0.15, 0.2) is 18.2 Å². The van der Waals surface area contributed by atoms with Crippen molar-refractivity contribution >= 4 is 18.3 Å². The minimum Gasteiger partial charge on any atom is -0.486 e. The van der Waals surface area contributed by atoms with Gasteiger partial charge in [0.1, 0.15) is 13.2 Å². The van der Waals surface area contributed by atoms with Crippen LogP contribution in [0, 0.1) is 0 Å². The molecule has 0 aromatic heterocycles. The maximum atomic E-state index is 12.6. The first-order valence-electron chi connectivity index (χ1n) is 9.41. The molecule has 0 aliphatic carbocycles. The van der Waals surface area contributed by atoms with Gasteiger partial charge in [-0.05, 0) is 30.5 Å². The van der Waals surface area contributed by atoms with Crippen molar-refractivity contribution in [3.8, 4) is 11.5 Å². The summed E-state index contributed by atoms with van der Waals surface area (Å²) in [6.07, 6.45) is 2.42. The van der Waals surface area contributed by atoms with Gasteiger partial charge in [0, 0.05) is 51.7 Å².